The molecule has 0 bridgehead atoms. The fraction of sp³-hybridized carbons (Fsp3) is 0.176. The third-order valence-electron chi connectivity index (χ3n) is 3.42. The SMILES string of the molecule is Cc1ccc(NC(N)=NCc2cccc(C(N)=O)c2)cc1C.I. The molecular formula is C17H21IN4O. The summed E-state index contributed by atoms with van der Waals surface area (Å²) in [6.45, 7) is 4.48. The monoisotopic (exact) mass is 424 g/mol. The molecule has 0 aliphatic rings. The van der Waals surface area contributed by atoms with E-state index < -0.39 is 5.91 Å². The molecule has 0 atom stereocenters. The first-order chi connectivity index (χ1) is 10.5. The Balaban J connectivity index is 0.00000264. The van der Waals surface area contributed by atoms with Crippen molar-refractivity contribution in [2.45, 2.75) is 20.4 Å². The molecule has 0 aliphatic carbocycles. The molecule has 5 nitrogen and oxygen atoms in total. The molecule has 0 aliphatic heterocycles. The first-order valence-electron chi connectivity index (χ1n) is 6.98. The first-order valence-corrected chi connectivity index (χ1v) is 6.98. The summed E-state index contributed by atoms with van der Waals surface area (Å²) in [6.07, 6.45) is 0. The molecule has 23 heavy (non-hydrogen) atoms. The molecule has 1 amide bonds. The van der Waals surface area contributed by atoms with Crippen molar-refractivity contribution in [1.29, 1.82) is 0 Å². The number of aryl methyl sites for hydroxylation is 2. The van der Waals surface area contributed by atoms with E-state index in [2.05, 4.69) is 17.2 Å². The van der Waals surface area contributed by atoms with Crippen LogP contribution in [0.1, 0.15) is 27.0 Å². The van der Waals surface area contributed by atoms with Crippen LogP contribution in [0.15, 0.2) is 47.5 Å². The lowest BCUT2D eigenvalue weighted by Gasteiger charge is -2.08. The van der Waals surface area contributed by atoms with Gasteiger partial charge < -0.3 is 16.8 Å². The highest BCUT2D eigenvalue weighted by Crippen LogP contribution is 2.14. The normalized spacial score (nSPS) is 10.8. The minimum atomic E-state index is -0.452. The summed E-state index contributed by atoms with van der Waals surface area (Å²) in [6, 6.07) is 13.0. The summed E-state index contributed by atoms with van der Waals surface area (Å²) < 4.78 is 0. The number of nitrogens with two attached hydrogens (primary N) is 2. The number of carbonyl (C=O) groups excluding carboxylic acids is 1. The number of hydrogen-bond acceptors (Lipinski definition) is 2. The van der Waals surface area contributed by atoms with Gasteiger partial charge in [-0.3, -0.25) is 4.79 Å². The molecule has 0 heterocycles. The maximum Gasteiger partial charge on any atom is 0.248 e. The van der Waals surface area contributed by atoms with Gasteiger partial charge in [-0.25, -0.2) is 4.99 Å². The third-order valence-corrected chi connectivity index (χ3v) is 3.42. The number of guanidine groups is 1. The van der Waals surface area contributed by atoms with Gasteiger partial charge in [0.05, 0.1) is 6.54 Å². The lowest BCUT2D eigenvalue weighted by atomic mass is 10.1. The zero-order chi connectivity index (χ0) is 16.1. The van der Waals surface area contributed by atoms with E-state index in [4.69, 9.17) is 11.5 Å². The average Bonchev–Trinajstić information content (AvgIpc) is 2.49. The summed E-state index contributed by atoms with van der Waals surface area (Å²) in [4.78, 5) is 15.4. The number of hydrogen-bond donors (Lipinski definition) is 3. The van der Waals surface area contributed by atoms with Gasteiger partial charge in [-0.2, -0.15) is 0 Å². The number of primary amides is 1. The van der Waals surface area contributed by atoms with Gasteiger partial charge in [0.2, 0.25) is 5.91 Å². The lowest BCUT2D eigenvalue weighted by molar-refractivity contribution is 0.1000. The highest BCUT2D eigenvalue weighted by molar-refractivity contribution is 14.0. The molecule has 0 unspecified atom stereocenters. The summed E-state index contributed by atoms with van der Waals surface area (Å²) >= 11 is 0. The van der Waals surface area contributed by atoms with Gasteiger partial charge in [-0.1, -0.05) is 18.2 Å². The quantitative estimate of drug-likeness (QED) is 0.400. The van der Waals surface area contributed by atoms with Crippen molar-refractivity contribution in [1.82, 2.24) is 0 Å². The molecule has 0 spiro atoms. The summed E-state index contributed by atoms with van der Waals surface area (Å²) in [5.74, 6) is -0.125. The predicted molar refractivity (Wildman–Crippen MR) is 105 cm³/mol. The Bertz CT molecular complexity index is 728. The van der Waals surface area contributed by atoms with Crippen LogP contribution < -0.4 is 16.8 Å². The highest BCUT2D eigenvalue weighted by Gasteiger charge is 2.02. The Morgan fingerprint density at radius 3 is 2.48 bits per heavy atom. The van der Waals surface area contributed by atoms with Crippen LogP contribution in [0, 0.1) is 13.8 Å². The molecule has 0 radical (unpaired) electrons. The van der Waals surface area contributed by atoms with Crippen LogP contribution in [0.2, 0.25) is 0 Å². The largest absolute Gasteiger partial charge is 0.370 e. The molecule has 5 N–H and O–H groups in total. The second kappa shape index (κ2) is 8.52. The van der Waals surface area contributed by atoms with Crippen LogP contribution in [0.3, 0.4) is 0 Å². The van der Waals surface area contributed by atoms with Gasteiger partial charge in [-0.15, -0.1) is 24.0 Å². The smallest absolute Gasteiger partial charge is 0.248 e. The van der Waals surface area contributed by atoms with Crippen molar-refractivity contribution in [3.8, 4) is 0 Å². The van der Waals surface area contributed by atoms with E-state index in [1.807, 2.05) is 31.2 Å². The zero-order valence-corrected chi connectivity index (χ0v) is 15.5. The van der Waals surface area contributed by atoms with Gasteiger partial charge in [-0.05, 0) is 54.8 Å². The van der Waals surface area contributed by atoms with Crippen LogP contribution in [0.5, 0.6) is 0 Å². The van der Waals surface area contributed by atoms with Crippen molar-refractivity contribution in [2.24, 2.45) is 16.5 Å². The fourth-order valence-corrected chi connectivity index (χ4v) is 2.01. The Kier molecular flexibility index (Phi) is 7.02. The molecule has 122 valence electrons. The Morgan fingerprint density at radius 1 is 1.09 bits per heavy atom. The van der Waals surface area contributed by atoms with Crippen molar-refractivity contribution in [3.05, 3.63) is 64.7 Å². The molecule has 0 aromatic heterocycles. The summed E-state index contributed by atoms with van der Waals surface area (Å²) in [5.41, 5.74) is 15.8. The summed E-state index contributed by atoms with van der Waals surface area (Å²) in [5, 5.41) is 3.05. The van der Waals surface area contributed by atoms with E-state index in [1.54, 1.807) is 18.2 Å². The number of rotatable bonds is 4. The van der Waals surface area contributed by atoms with Crippen LogP contribution in [0.25, 0.3) is 0 Å². The van der Waals surface area contributed by atoms with Gasteiger partial charge in [0.25, 0.3) is 0 Å². The maximum atomic E-state index is 11.1. The van der Waals surface area contributed by atoms with E-state index in [9.17, 15) is 4.79 Å². The topological polar surface area (TPSA) is 93.5 Å². The van der Waals surface area contributed by atoms with Crippen LogP contribution in [0.4, 0.5) is 5.69 Å². The Hall–Kier alpha value is -2.09. The molecule has 2 rings (SSSR count). The van der Waals surface area contributed by atoms with Gasteiger partial charge >= 0.3 is 0 Å². The van der Waals surface area contributed by atoms with Crippen molar-refractivity contribution in [2.75, 3.05) is 5.32 Å². The zero-order valence-electron chi connectivity index (χ0n) is 13.2. The molecular weight excluding hydrogens is 403 g/mol. The van der Waals surface area contributed by atoms with Crippen molar-refractivity contribution >= 4 is 41.5 Å². The number of benzene rings is 2. The number of halogens is 1. The molecule has 0 fully saturated rings. The molecule has 0 saturated carbocycles. The Labute approximate surface area is 153 Å². The van der Waals surface area contributed by atoms with Gasteiger partial charge in [0, 0.05) is 11.3 Å². The number of nitrogens with one attached hydrogen (secondary N) is 1. The fourth-order valence-electron chi connectivity index (χ4n) is 2.01. The molecule has 0 saturated heterocycles. The molecule has 6 heteroatoms. The number of nitrogens with zero attached hydrogens (tertiary/aromatic N) is 1. The summed E-state index contributed by atoms with van der Waals surface area (Å²) in [7, 11) is 0. The van der Waals surface area contributed by atoms with Gasteiger partial charge in [0.15, 0.2) is 5.96 Å². The molecule has 2 aromatic carbocycles. The minimum Gasteiger partial charge on any atom is -0.370 e. The number of anilines is 1. The third kappa shape index (κ3) is 5.55. The average molecular weight is 424 g/mol. The Morgan fingerprint density at radius 2 is 1.83 bits per heavy atom. The van der Waals surface area contributed by atoms with Crippen LogP contribution in [-0.2, 0) is 6.54 Å². The lowest BCUT2D eigenvalue weighted by Crippen LogP contribution is -2.22. The van der Waals surface area contributed by atoms with Crippen LogP contribution >= 0.6 is 24.0 Å². The van der Waals surface area contributed by atoms with E-state index in [1.165, 1.54) is 11.1 Å². The van der Waals surface area contributed by atoms with E-state index in [-0.39, 0.29) is 24.0 Å². The number of amides is 1. The first kappa shape index (κ1) is 19.0. The van der Waals surface area contributed by atoms with E-state index in [0.29, 0.717) is 18.1 Å². The van der Waals surface area contributed by atoms with Crippen LogP contribution in [-0.4, -0.2) is 11.9 Å². The molecule has 2 aromatic rings. The minimum absolute atomic E-state index is 0. The second-order valence-corrected chi connectivity index (χ2v) is 5.19. The second-order valence-electron chi connectivity index (χ2n) is 5.19. The highest BCUT2D eigenvalue weighted by atomic mass is 127. The van der Waals surface area contributed by atoms with E-state index in [0.717, 1.165) is 11.3 Å². The van der Waals surface area contributed by atoms with Crippen molar-refractivity contribution < 1.29 is 4.79 Å². The van der Waals surface area contributed by atoms with E-state index >= 15 is 0 Å². The standard InChI is InChI=1S/C17H20N4O.HI/c1-11-6-7-15(8-12(11)2)21-17(19)20-10-13-4-3-5-14(9-13)16(18)22;/h3-9H,10H2,1-2H3,(H2,18,22)(H3,19,20,21);1H. The van der Waals surface area contributed by atoms with Gasteiger partial charge in [0.1, 0.15) is 0 Å². The maximum absolute atomic E-state index is 11.1. The number of aliphatic imine (C=N–C) groups is 1. The number of carbonyl (C=O) groups is 1. The van der Waals surface area contributed by atoms with Crippen molar-refractivity contribution in [3.63, 3.8) is 0 Å². The predicted octanol–water partition coefficient (Wildman–Crippen LogP) is 2.95.